The minimum Gasteiger partial charge on any atom is -0.350 e. The fourth-order valence-corrected chi connectivity index (χ4v) is 2.71. The predicted octanol–water partition coefficient (Wildman–Crippen LogP) is 0.677. The summed E-state index contributed by atoms with van der Waals surface area (Å²) in [5, 5.41) is 6.31. The van der Waals surface area contributed by atoms with Crippen LogP contribution in [0.3, 0.4) is 0 Å². The van der Waals surface area contributed by atoms with Crippen LogP contribution in [0.5, 0.6) is 0 Å². The second-order valence-electron chi connectivity index (χ2n) is 5.19. The maximum Gasteiger partial charge on any atom is 0.237 e. The van der Waals surface area contributed by atoms with Gasteiger partial charge in [-0.3, -0.25) is 9.59 Å². The Labute approximate surface area is 120 Å². The van der Waals surface area contributed by atoms with Gasteiger partial charge < -0.3 is 15.5 Å². The summed E-state index contributed by atoms with van der Waals surface area (Å²) in [6.45, 7) is 4.25. The molecule has 2 amide bonds. The Hall–Kier alpha value is -0.810. The Balaban J connectivity index is 0.00000180. The largest absolute Gasteiger partial charge is 0.350 e. The van der Waals surface area contributed by atoms with Gasteiger partial charge in [0.2, 0.25) is 11.8 Å². The van der Waals surface area contributed by atoms with E-state index < -0.39 is 0 Å². The summed E-state index contributed by atoms with van der Waals surface area (Å²) in [6.07, 6.45) is 4.63. The SMILES string of the molecule is CCC(=O)N1CCC(NC(=O)C2CCCCN2)C1.Cl. The summed E-state index contributed by atoms with van der Waals surface area (Å²) in [6, 6.07) is 0.103. The Morgan fingerprint density at radius 2 is 2.11 bits per heavy atom. The number of hydrogen-bond acceptors (Lipinski definition) is 3. The van der Waals surface area contributed by atoms with E-state index in [1.54, 1.807) is 0 Å². The van der Waals surface area contributed by atoms with Crippen molar-refractivity contribution in [2.24, 2.45) is 0 Å². The Bertz CT molecular complexity index is 319. The number of carbonyl (C=O) groups excluding carboxylic acids is 2. The van der Waals surface area contributed by atoms with Crippen LogP contribution in [0.15, 0.2) is 0 Å². The van der Waals surface area contributed by atoms with E-state index in [0.717, 1.165) is 38.8 Å². The van der Waals surface area contributed by atoms with Gasteiger partial charge in [-0.15, -0.1) is 12.4 Å². The molecular formula is C13H24ClN3O2. The lowest BCUT2D eigenvalue weighted by Crippen LogP contribution is -2.50. The molecule has 2 N–H and O–H groups in total. The van der Waals surface area contributed by atoms with Gasteiger partial charge >= 0.3 is 0 Å². The smallest absolute Gasteiger partial charge is 0.237 e. The van der Waals surface area contributed by atoms with E-state index in [-0.39, 0.29) is 36.3 Å². The first-order chi connectivity index (χ1) is 8.70. The van der Waals surface area contributed by atoms with Crippen LogP contribution in [-0.4, -0.2) is 48.4 Å². The van der Waals surface area contributed by atoms with Crippen LogP contribution in [0.2, 0.25) is 0 Å². The number of rotatable bonds is 3. The van der Waals surface area contributed by atoms with E-state index in [4.69, 9.17) is 0 Å². The van der Waals surface area contributed by atoms with Crippen LogP contribution in [0.25, 0.3) is 0 Å². The molecule has 2 aliphatic heterocycles. The summed E-state index contributed by atoms with van der Waals surface area (Å²) in [5.74, 6) is 0.285. The van der Waals surface area contributed by atoms with Crippen molar-refractivity contribution >= 4 is 24.2 Å². The van der Waals surface area contributed by atoms with Gasteiger partial charge in [0.15, 0.2) is 0 Å². The van der Waals surface area contributed by atoms with Gasteiger partial charge in [-0.05, 0) is 25.8 Å². The third-order valence-corrected chi connectivity index (χ3v) is 3.82. The van der Waals surface area contributed by atoms with E-state index in [0.29, 0.717) is 13.0 Å². The quantitative estimate of drug-likeness (QED) is 0.803. The van der Waals surface area contributed by atoms with Crippen LogP contribution >= 0.6 is 12.4 Å². The first-order valence-electron chi connectivity index (χ1n) is 7.02. The van der Waals surface area contributed by atoms with Crippen molar-refractivity contribution in [1.82, 2.24) is 15.5 Å². The molecule has 2 aliphatic rings. The highest BCUT2D eigenvalue weighted by molar-refractivity contribution is 5.85. The zero-order valence-corrected chi connectivity index (χ0v) is 12.3. The van der Waals surface area contributed by atoms with Crippen LogP contribution < -0.4 is 10.6 Å². The molecule has 0 aromatic carbocycles. The molecule has 19 heavy (non-hydrogen) atoms. The Kier molecular flexibility index (Phi) is 6.58. The molecule has 2 atom stereocenters. The third kappa shape index (κ3) is 4.35. The van der Waals surface area contributed by atoms with Crippen molar-refractivity contribution in [2.45, 2.75) is 51.1 Å². The molecule has 0 bridgehead atoms. The summed E-state index contributed by atoms with van der Waals surface area (Å²) < 4.78 is 0. The van der Waals surface area contributed by atoms with E-state index in [1.165, 1.54) is 0 Å². The van der Waals surface area contributed by atoms with Gasteiger partial charge in [0.25, 0.3) is 0 Å². The van der Waals surface area contributed by atoms with Crippen molar-refractivity contribution in [3.8, 4) is 0 Å². The van der Waals surface area contributed by atoms with Crippen LogP contribution in [-0.2, 0) is 9.59 Å². The number of nitrogens with zero attached hydrogens (tertiary/aromatic N) is 1. The molecule has 0 radical (unpaired) electrons. The van der Waals surface area contributed by atoms with Crippen LogP contribution in [0, 0.1) is 0 Å². The molecule has 0 aromatic rings. The van der Waals surface area contributed by atoms with Crippen LogP contribution in [0.1, 0.15) is 39.0 Å². The first kappa shape index (κ1) is 16.2. The average molecular weight is 290 g/mol. The maximum atomic E-state index is 12.0. The van der Waals surface area contributed by atoms with Gasteiger partial charge in [-0.25, -0.2) is 0 Å². The van der Waals surface area contributed by atoms with Crippen molar-refractivity contribution in [3.63, 3.8) is 0 Å². The third-order valence-electron chi connectivity index (χ3n) is 3.82. The molecule has 0 aromatic heterocycles. The molecule has 5 nitrogen and oxygen atoms in total. The van der Waals surface area contributed by atoms with Gasteiger partial charge in [-0.2, -0.15) is 0 Å². The van der Waals surface area contributed by atoms with Gasteiger partial charge in [0, 0.05) is 25.6 Å². The predicted molar refractivity (Wildman–Crippen MR) is 76.3 cm³/mol. The standard InChI is InChI=1S/C13H23N3O2.ClH/c1-2-12(17)16-8-6-10(9-16)15-13(18)11-5-3-4-7-14-11;/h10-11,14H,2-9H2,1H3,(H,15,18);1H. The fraction of sp³-hybridized carbons (Fsp3) is 0.846. The number of piperidine rings is 1. The van der Waals surface area contributed by atoms with Crippen molar-refractivity contribution in [2.75, 3.05) is 19.6 Å². The summed E-state index contributed by atoms with van der Waals surface area (Å²) >= 11 is 0. The number of nitrogens with one attached hydrogen (secondary N) is 2. The zero-order chi connectivity index (χ0) is 13.0. The lowest BCUT2D eigenvalue weighted by Gasteiger charge is -2.24. The topological polar surface area (TPSA) is 61.4 Å². The van der Waals surface area contributed by atoms with Gasteiger partial charge in [0.1, 0.15) is 0 Å². The van der Waals surface area contributed by atoms with Crippen molar-refractivity contribution < 1.29 is 9.59 Å². The Morgan fingerprint density at radius 1 is 1.32 bits per heavy atom. The monoisotopic (exact) mass is 289 g/mol. The first-order valence-corrected chi connectivity index (χ1v) is 7.02. The lowest BCUT2D eigenvalue weighted by molar-refractivity contribution is -0.130. The second-order valence-corrected chi connectivity index (χ2v) is 5.19. The molecule has 0 spiro atoms. The summed E-state index contributed by atoms with van der Waals surface area (Å²) in [7, 11) is 0. The highest BCUT2D eigenvalue weighted by Crippen LogP contribution is 2.12. The Morgan fingerprint density at radius 3 is 2.74 bits per heavy atom. The normalized spacial score (nSPS) is 26.7. The fourth-order valence-electron chi connectivity index (χ4n) is 2.71. The number of likely N-dealkylation sites (tertiary alicyclic amines) is 1. The molecule has 2 saturated heterocycles. The number of halogens is 1. The molecule has 2 unspecified atom stereocenters. The number of carbonyl (C=O) groups is 2. The van der Waals surface area contributed by atoms with E-state index in [1.807, 2.05) is 11.8 Å². The minimum atomic E-state index is -0.0327. The molecule has 2 rings (SSSR count). The molecule has 6 heteroatoms. The van der Waals surface area contributed by atoms with Crippen molar-refractivity contribution in [3.05, 3.63) is 0 Å². The molecular weight excluding hydrogens is 266 g/mol. The van der Waals surface area contributed by atoms with Crippen molar-refractivity contribution in [1.29, 1.82) is 0 Å². The van der Waals surface area contributed by atoms with E-state index >= 15 is 0 Å². The molecule has 0 aliphatic carbocycles. The molecule has 110 valence electrons. The molecule has 0 saturated carbocycles. The highest BCUT2D eigenvalue weighted by Gasteiger charge is 2.28. The molecule has 2 heterocycles. The average Bonchev–Trinajstić information content (AvgIpc) is 2.87. The lowest BCUT2D eigenvalue weighted by atomic mass is 10.0. The maximum absolute atomic E-state index is 12.0. The molecule has 2 fully saturated rings. The second kappa shape index (κ2) is 7.70. The van der Waals surface area contributed by atoms with Gasteiger partial charge in [0.05, 0.1) is 6.04 Å². The zero-order valence-electron chi connectivity index (χ0n) is 11.5. The van der Waals surface area contributed by atoms with Crippen LogP contribution in [0.4, 0.5) is 0 Å². The number of hydrogen-bond donors (Lipinski definition) is 2. The summed E-state index contributed by atoms with van der Waals surface area (Å²) in [4.78, 5) is 25.4. The van der Waals surface area contributed by atoms with Gasteiger partial charge in [-0.1, -0.05) is 13.3 Å². The summed E-state index contributed by atoms with van der Waals surface area (Å²) in [5.41, 5.74) is 0. The number of amides is 2. The minimum absolute atomic E-state index is 0. The van der Waals surface area contributed by atoms with E-state index in [9.17, 15) is 9.59 Å². The highest BCUT2D eigenvalue weighted by atomic mass is 35.5. The van der Waals surface area contributed by atoms with E-state index in [2.05, 4.69) is 10.6 Å².